The molecular weight excluding hydrogens is 450 g/mol. The summed E-state index contributed by atoms with van der Waals surface area (Å²) in [5.74, 6) is 2.30. The van der Waals surface area contributed by atoms with Crippen molar-refractivity contribution in [1.82, 2.24) is 25.9 Å². The monoisotopic (exact) mass is 491 g/mol. The van der Waals surface area contributed by atoms with Gasteiger partial charge in [0.05, 0.1) is 18.1 Å². The van der Waals surface area contributed by atoms with Crippen LogP contribution >= 0.6 is 0 Å². The Kier molecular flexibility index (Phi) is 9.10. The Morgan fingerprint density at radius 1 is 0.917 bits per heavy atom. The van der Waals surface area contributed by atoms with E-state index in [1.807, 2.05) is 24.4 Å². The van der Waals surface area contributed by atoms with Gasteiger partial charge in [-0.2, -0.15) is 4.98 Å². The van der Waals surface area contributed by atoms with Crippen molar-refractivity contribution in [3.8, 4) is 0 Å². The third kappa shape index (κ3) is 7.21. The second kappa shape index (κ2) is 13.1. The van der Waals surface area contributed by atoms with Gasteiger partial charge in [0, 0.05) is 30.2 Å². The summed E-state index contributed by atoms with van der Waals surface area (Å²) in [6, 6.07) is 9.44. The highest BCUT2D eigenvalue weighted by Gasteiger charge is 2.17. The number of para-hydroxylation sites is 1. The molecule has 2 aliphatic heterocycles. The fourth-order valence-electron chi connectivity index (χ4n) is 5.28. The van der Waals surface area contributed by atoms with Crippen LogP contribution in [0.3, 0.4) is 0 Å². The van der Waals surface area contributed by atoms with Crippen molar-refractivity contribution >= 4 is 34.7 Å². The van der Waals surface area contributed by atoms with Crippen molar-refractivity contribution in [2.75, 3.05) is 49.9 Å². The third-order valence-electron chi connectivity index (χ3n) is 7.32. The van der Waals surface area contributed by atoms with Gasteiger partial charge in [-0.25, -0.2) is 9.98 Å². The summed E-state index contributed by atoms with van der Waals surface area (Å²) in [6.45, 7) is 5.52. The van der Waals surface area contributed by atoms with Crippen molar-refractivity contribution in [2.45, 2.75) is 69.5 Å². The maximum Gasteiger partial charge on any atom is 0.225 e. The van der Waals surface area contributed by atoms with Crippen molar-refractivity contribution in [1.29, 1.82) is 0 Å². The third-order valence-corrected chi connectivity index (χ3v) is 7.32. The predicted octanol–water partition coefficient (Wildman–Crippen LogP) is 2.96. The van der Waals surface area contributed by atoms with Gasteiger partial charge >= 0.3 is 0 Å². The zero-order chi connectivity index (χ0) is 24.4. The van der Waals surface area contributed by atoms with Gasteiger partial charge in [0.1, 0.15) is 11.7 Å². The van der Waals surface area contributed by atoms with E-state index in [1.165, 1.54) is 32.1 Å². The van der Waals surface area contributed by atoms with Crippen LogP contribution in [-0.2, 0) is 0 Å². The largest absolute Gasteiger partial charge is 0.367 e. The highest BCUT2D eigenvalue weighted by molar-refractivity contribution is 5.98. The van der Waals surface area contributed by atoms with E-state index in [-0.39, 0.29) is 6.04 Å². The first-order valence-corrected chi connectivity index (χ1v) is 13.9. The summed E-state index contributed by atoms with van der Waals surface area (Å²) in [7, 11) is 0. The van der Waals surface area contributed by atoms with Gasteiger partial charge in [-0.15, -0.1) is 0 Å². The molecule has 0 spiro atoms. The Bertz CT molecular complexity index is 1030. The van der Waals surface area contributed by atoms with Crippen LogP contribution in [0.1, 0.15) is 51.4 Å². The van der Waals surface area contributed by atoms with Crippen LogP contribution in [0.4, 0.5) is 11.8 Å². The standard InChI is InChI=1S/C27H41N9/c1-2-7-20(8-3-1)30-14-6-13-29-17-22-18-31-25(33-22)19-32-27-35-24-10-5-4-9-23(24)26(36-27)34-21-11-15-28-16-12-21/h4-5,9-10,18,20-22,28-30H,1-3,6-8,11-17,19H2,(H2,32,34,35,36). The molecule has 2 fully saturated rings. The van der Waals surface area contributed by atoms with E-state index < -0.39 is 0 Å². The first kappa shape index (κ1) is 25.0. The molecule has 0 radical (unpaired) electrons. The zero-order valence-electron chi connectivity index (χ0n) is 21.3. The van der Waals surface area contributed by atoms with Crippen LogP contribution in [0.15, 0.2) is 34.3 Å². The minimum absolute atomic E-state index is 0.0998. The number of fused-ring (bicyclic) bond motifs is 1. The summed E-state index contributed by atoms with van der Waals surface area (Å²) in [5.41, 5.74) is 0.934. The minimum atomic E-state index is 0.0998. The number of amidine groups is 1. The first-order valence-electron chi connectivity index (χ1n) is 13.9. The molecule has 9 heteroatoms. The van der Waals surface area contributed by atoms with Gasteiger partial charge in [0.25, 0.3) is 0 Å². The van der Waals surface area contributed by atoms with Crippen molar-refractivity contribution in [3.63, 3.8) is 0 Å². The Morgan fingerprint density at radius 3 is 2.67 bits per heavy atom. The molecule has 2 aromatic rings. The summed E-state index contributed by atoms with van der Waals surface area (Å²) >= 11 is 0. The lowest BCUT2D eigenvalue weighted by Crippen LogP contribution is -2.35. The number of nitrogens with zero attached hydrogens (tertiary/aromatic N) is 4. The molecule has 1 aromatic carbocycles. The lowest BCUT2D eigenvalue weighted by atomic mass is 9.95. The normalized spacial score (nSPS) is 21.1. The number of aromatic nitrogens is 2. The van der Waals surface area contributed by atoms with Crippen LogP contribution in [-0.4, -0.2) is 79.4 Å². The van der Waals surface area contributed by atoms with E-state index in [4.69, 9.17) is 15.0 Å². The maximum absolute atomic E-state index is 4.81. The molecule has 5 N–H and O–H groups in total. The van der Waals surface area contributed by atoms with Crippen molar-refractivity contribution < 1.29 is 0 Å². The molecule has 1 aliphatic carbocycles. The van der Waals surface area contributed by atoms with Gasteiger partial charge in [-0.1, -0.05) is 31.4 Å². The van der Waals surface area contributed by atoms with Gasteiger partial charge in [-0.3, -0.25) is 4.99 Å². The summed E-state index contributed by atoms with van der Waals surface area (Å²) in [4.78, 5) is 18.8. The molecule has 36 heavy (non-hydrogen) atoms. The number of aliphatic imine (C=N–C) groups is 2. The van der Waals surface area contributed by atoms with E-state index in [0.717, 1.165) is 80.6 Å². The fourth-order valence-corrected chi connectivity index (χ4v) is 5.28. The molecule has 9 nitrogen and oxygen atoms in total. The Balaban J connectivity index is 1.07. The minimum Gasteiger partial charge on any atom is -0.367 e. The van der Waals surface area contributed by atoms with E-state index in [1.54, 1.807) is 0 Å². The summed E-state index contributed by atoms with van der Waals surface area (Å²) < 4.78 is 0. The number of anilines is 2. The molecular formula is C27H41N9. The zero-order valence-corrected chi connectivity index (χ0v) is 21.3. The Labute approximate surface area is 214 Å². The first-order chi connectivity index (χ1) is 17.8. The summed E-state index contributed by atoms with van der Waals surface area (Å²) in [5, 5.41) is 18.7. The summed E-state index contributed by atoms with van der Waals surface area (Å²) in [6.07, 6.45) is 12.1. The van der Waals surface area contributed by atoms with Crippen LogP contribution in [0.25, 0.3) is 10.9 Å². The number of rotatable bonds is 12. The van der Waals surface area contributed by atoms with Crippen LogP contribution < -0.4 is 26.6 Å². The van der Waals surface area contributed by atoms with Gasteiger partial charge in [-0.05, 0) is 70.4 Å². The maximum atomic E-state index is 4.81. The number of hydrogen-bond acceptors (Lipinski definition) is 9. The second-order valence-corrected chi connectivity index (χ2v) is 10.2. The van der Waals surface area contributed by atoms with E-state index in [2.05, 4.69) is 37.6 Å². The highest BCUT2D eigenvalue weighted by atomic mass is 15.2. The number of benzene rings is 1. The highest BCUT2D eigenvalue weighted by Crippen LogP contribution is 2.24. The molecule has 1 saturated heterocycles. The number of hydrogen-bond donors (Lipinski definition) is 5. The van der Waals surface area contributed by atoms with Gasteiger partial charge < -0.3 is 26.6 Å². The SMILES string of the molecule is C1=NC(CNc2nc(NC3CCNCC3)c3ccccc3n2)=NC1CNCCCNC1CCCCC1. The molecule has 194 valence electrons. The predicted molar refractivity (Wildman–Crippen MR) is 150 cm³/mol. The molecule has 1 unspecified atom stereocenters. The molecule has 3 aliphatic rings. The molecule has 0 bridgehead atoms. The topological polar surface area (TPSA) is 111 Å². The quantitative estimate of drug-likeness (QED) is 0.290. The average molecular weight is 492 g/mol. The average Bonchev–Trinajstić information content (AvgIpc) is 3.38. The molecule has 1 aromatic heterocycles. The van der Waals surface area contributed by atoms with Crippen LogP contribution in [0, 0.1) is 0 Å². The van der Waals surface area contributed by atoms with E-state index in [0.29, 0.717) is 18.5 Å². The van der Waals surface area contributed by atoms with Crippen LogP contribution in [0.2, 0.25) is 0 Å². The van der Waals surface area contributed by atoms with Gasteiger partial charge in [0.2, 0.25) is 5.95 Å². The lowest BCUT2D eigenvalue weighted by Gasteiger charge is -2.25. The van der Waals surface area contributed by atoms with Crippen LogP contribution in [0.5, 0.6) is 0 Å². The van der Waals surface area contributed by atoms with E-state index in [9.17, 15) is 0 Å². The molecule has 1 saturated carbocycles. The Morgan fingerprint density at radius 2 is 1.78 bits per heavy atom. The van der Waals surface area contributed by atoms with Gasteiger partial charge in [0.15, 0.2) is 0 Å². The fraction of sp³-hybridized carbons (Fsp3) is 0.630. The smallest absolute Gasteiger partial charge is 0.225 e. The van der Waals surface area contributed by atoms with Crippen molar-refractivity contribution in [3.05, 3.63) is 24.3 Å². The number of piperidine rings is 1. The molecule has 3 heterocycles. The lowest BCUT2D eigenvalue weighted by molar-refractivity contribution is 0.371. The van der Waals surface area contributed by atoms with E-state index >= 15 is 0 Å². The van der Waals surface area contributed by atoms with Crippen molar-refractivity contribution in [2.24, 2.45) is 9.98 Å². The molecule has 5 rings (SSSR count). The molecule has 0 amide bonds. The second-order valence-electron chi connectivity index (χ2n) is 10.2. The number of nitrogens with one attached hydrogen (secondary N) is 5. The molecule has 1 atom stereocenters. The Hall–Kier alpha value is -2.62.